The topological polar surface area (TPSA) is 46.3 Å². The van der Waals surface area contributed by atoms with Crippen LogP contribution in [0.1, 0.15) is 40.0 Å². The molecular weight excluding hydrogens is 212 g/mol. The van der Waals surface area contributed by atoms with Gasteiger partial charge < -0.3 is 10.6 Å². The Kier molecular flexibility index (Phi) is 9.07. The predicted octanol–water partition coefficient (Wildman–Crippen LogP) is 2.04. The zero-order valence-electron chi connectivity index (χ0n) is 10.4. The van der Waals surface area contributed by atoms with Crippen molar-refractivity contribution in [1.29, 1.82) is 0 Å². The minimum atomic E-state index is 0. The summed E-state index contributed by atoms with van der Waals surface area (Å²) in [5, 5.41) is 0. The second-order valence-electron chi connectivity index (χ2n) is 4.72. The molecule has 0 aromatic heterocycles. The van der Waals surface area contributed by atoms with Gasteiger partial charge in [0, 0.05) is 20.0 Å². The highest BCUT2D eigenvalue weighted by Crippen LogP contribution is 2.14. The first-order valence-electron chi connectivity index (χ1n) is 5.37. The number of hydrogen-bond donors (Lipinski definition) is 1. The normalized spacial score (nSPS) is 10.7. The monoisotopic (exact) mass is 236 g/mol. The molecule has 0 spiro atoms. The molecule has 3 nitrogen and oxygen atoms in total. The number of carbonyl (C=O) groups is 1. The second kappa shape index (κ2) is 7.94. The maximum atomic E-state index is 11.6. The van der Waals surface area contributed by atoms with E-state index in [1.54, 1.807) is 4.90 Å². The highest BCUT2D eigenvalue weighted by molar-refractivity contribution is 5.85. The molecule has 0 heterocycles. The second-order valence-corrected chi connectivity index (χ2v) is 4.72. The molecule has 0 aromatic carbocycles. The van der Waals surface area contributed by atoms with Crippen LogP contribution in [0.25, 0.3) is 0 Å². The summed E-state index contributed by atoms with van der Waals surface area (Å²) in [7, 11) is 1.86. The fraction of sp³-hybridized carbons (Fsp3) is 0.909. The summed E-state index contributed by atoms with van der Waals surface area (Å²) >= 11 is 0. The molecule has 0 aromatic rings. The lowest BCUT2D eigenvalue weighted by Crippen LogP contribution is -2.39. The molecule has 4 heteroatoms. The number of carbonyl (C=O) groups excluding carboxylic acids is 1. The minimum absolute atomic E-state index is 0. The third-order valence-corrected chi connectivity index (χ3v) is 2.39. The van der Waals surface area contributed by atoms with Gasteiger partial charge in [-0.3, -0.25) is 4.79 Å². The van der Waals surface area contributed by atoms with Crippen molar-refractivity contribution in [2.24, 2.45) is 11.1 Å². The molecule has 0 atom stereocenters. The van der Waals surface area contributed by atoms with E-state index in [1.807, 2.05) is 7.05 Å². The van der Waals surface area contributed by atoms with Crippen LogP contribution in [0.5, 0.6) is 0 Å². The minimum Gasteiger partial charge on any atom is -0.345 e. The molecular formula is C11H25ClN2O. The van der Waals surface area contributed by atoms with E-state index in [4.69, 9.17) is 5.73 Å². The van der Waals surface area contributed by atoms with E-state index in [1.165, 1.54) is 0 Å². The van der Waals surface area contributed by atoms with Crippen LogP contribution in [0.15, 0.2) is 0 Å². The Balaban J connectivity index is 0. The van der Waals surface area contributed by atoms with Gasteiger partial charge in [-0.1, -0.05) is 27.2 Å². The first kappa shape index (κ1) is 17.1. The van der Waals surface area contributed by atoms with E-state index in [9.17, 15) is 4.79 Å². The number of nitrogens with two attached hydrogens (primary N) is 1. The van der Waals surface area contributed by atoms with E-state index < -0.39 is 0 Å². The Labute approximate surface area is 99.8 Å². The summed E-state index contributed by atoms with van der Waals surface area (Å²) < 4.78 is 0. The van der Waals surface area contributed by atoms with Gasteiger partial charge in [0.05, 0.1) is 0 Å². The summed E-state index contributed by atoms with van der Waals surface area (Å²) in [6.45, 7) is 7.61. The molecule has 0 fully saturated rings. The van der Waals surface area contributed by atoms with Gasteiger partial charge in [0.15, 0.2) is 0 Å². The molecule has 0 saturated heterocycles. The summed E-state index contributed by atoms with van der Waals surface area (Å²) in [5.41, 5.74) is 5.64. The van der Waals surface area contributed by atoms with E-state index in [0.29, 0.717) is 13.0 Å². The third kappa shape index (κ3) is 7.63. The fourth-order valence-corrected chi connectivity index (χ4v) is 1.31. The van der Waals surface area contributed by atoms with Crippen LogP contribution in [-0.4, -0.2) is 30.9 Å². The van der Waals surface area contributed by atoms with Crippen molar-refractivity contribution < 1.29 is 4.79 Å². The Morgan fingerprint density at radius 2 is 1.93 bits per heavy atom. The van der Waals surface area contributed by atoms with Gasteiger partial charge in [-0.15, -0.1) is 12.4 Å². The van der Waals surface area contributed by atoms with Crippen molar-refractivity contribution in [2.75, 3.05) is 20.1 Å². The molecule has 92 valence electrons. The van der Waals surface area contributed by atoms with Gasteiger partial charge in [0.2, 0.25) is 5.91 Å². The van der Waals surface area contributed by atoms with Crippen molar-refractivity contribution in [2.45, 2.75) is 40.0 Å². The van der Waals surface area contributed by atoms with Gasteiger partial charge in [-0.2, -0.15) is 0 Å². The maximum Gasteiger partial charge on any atom is 0.222 e. The summed E-state index contributed by atoms with van der Waals surface area (Å²) in [6.07, 6.45) is 2.71. The van der Waals surface area contributed by atoms with Crippen molar-refractivity contribution in [3.63, 3.8) is 0 Å². The lowest BCUT2D eigenvalue weighted by Gasteiger charge is -2.29. The lowest BCUT2D eigenvalue weighted by atomic mass is 9.93. The largest absolute Gasteiger partial charge is 0.345 e. The average Bonchev–Trinajstić information content (AvgIpc) is 2.13. The average molecular weight is 237 g/mol. The molecule has 0 radical (unpaired) electrons. The van der Waals surface area contributed by atoms with Crippen molar-refractivity contribution >= 4 is 18.3 Å². The standard InChI is InChI=1S/C11H24N2O.ClH/c1-5-6-7-10(14)13(4)9-11(2,3)8-12;/h5-9,12H2,1-4H3;1H. The Hall–Kier alpha value is -0.280. The molecule has 0 bridgehead atoms. The molecule has 0 saturated carbocycles. The zero-order valence-corrected chi connectivity index (χ0v) is 11.2. The fourth-order valence-electron chi connectivity index (χ4n) is 1.31. The SMILES string of the molecule is CCCCC(=O)N(C)CC(C)(C)CN.Cl. The van der Waals surface area contributed by atoms with Gasteiger partial charge in [-0.25, -0.2) is 0 Å². The first-order chi connectivity index (χ1) is 6.43. The Bertz CT molecular complexity index is 183. The summed E-state index contributed by atoms with van der Waals surface area (Å²) in [4.78, 5) is 13.4. The van der Waals surface area contributed by atoms with Crippen LogP contribution in [0.3, 0.4) is 0 Å². The van der Waals surface area contributed by atoms with E-state index in [-0.39, 0.29) is 23.7 Å². The van der Waals surface area contributed by atoms with Crippen molar-refractivity contribution in [3.8, 4) is 0 Å². The number of rotatable bonds is 6. The predicted molar refractivity (Wildman–Crippen MR) is 67.2 cm³/mol. The smallest absolute Gasteiger partial charge is 0.222 e. The van der Waals surface area contributed by atoms with Crippen LogP contribution in [0, 0.1) is 5.41 Å². The molecule has 1 amide bonds. The summed E-state index contributed by atoms with van der Waals surface area (Å²) in [5.74, 6) is 0.230. The van der Waals surface area contributed by atoms with E-state index >= 15 is 0 Å². The third-order valence-electron chi connectivity index (χ3n) is 2.39. The Morgan fingerprint density at radius 1 is 1.40 bits per heavy atom. The highest BCUT2D eigenvalue weighted by Gasteiger charge is 2.20. The Morgan fingerprint density at radius 3 is 2.33 bits per heavy atom. The van der Waals surface area contributed by atoms with Crippen LogP contribution in [0.4, 0.5) is 0 Å². The highest BCUT2D eigenvalue weighted by atomic mass is 35.5. The molecule has 0 unspecified atom stereocenters. The molecule has 0 rings (SSSR count). The molecule has 0 aliphatic rings. The maximum absolute atomic E-state index is 11.6. The van der Waals surface area contributed by atoms with Crippen LogP contribution < -0.4 is 5.73 Å². The van der Waals surface area contributed by atoms with E-state index in [2.05, 4.69) is 20.8 Å². The van der Waals surface area contributed by atoms with Crippen molar-refractivity contribution in [1.82, 2.24) is 4.90 Å². The number of nitrogens with zero attached hydrogens (tertiary/aromatic N) is 1. The van der Waals surface area contributed by atoms with Crippen molar-refractivity contribution in [3.05, 3.63) is 0 Å². The quantitative estimate of drug-likeness (QED) is 0.767. The van der Waals surface area contributed by atoms with E-state index in [0.717, 1.165) is 19.4 Å². The number of amides is 1. The number of hydrogen-bond acceptors (Lipinski definition) is 2. The molecule has 0 aliphatic carbocycles. The molecule has 2 N–H and O–H groups in total. The molecule has 0 aliphatic heterocycles. The van der Waals surface area contributed by atoms with Crippen LogP contribution >= 0.6 is 12.4 Å². The van der Waals surface area contributed by atoms with Gasteiger partial charge in [-0.05, 0) is 18.4 Å². The van der Waals surface area contributed by atoms with Gasteiger partial charge >= 0.3 is 0 Å². The number of unbranched alkanes of at least 4 members (excludes halogenated alkanes) is 1. The van der Waals surface area contributed by atoms with Crippen LogP contribution in [0.2, 0.25) is 0 Å². The summed E-state index contributed by atoms with van der Waals surface area (Å²) in [6, 6.07) is 0. The van der Waals surface area contributed by atoms with Crippen LogP contribution in [-0.2, 0) is 4.79 Å². The zero-order chi connectivity index (χ0) is 11.2. The number of halogens is 1. The lowest BCUT2D eigenvalue weighted by molar-refractivity contribution is -0.131. The van der Waals surface area contributed by atoms with Gasteiger partial charge in [0.25, 0.3) is 0 Å². The molecule has 15 heavy (non-hydrogen) atoms. The first-order valence-corrected chi connectivity index (χ1v) is 5.37. The van der Waals surface area contributed by atoms with Gasteiger partial charge in [0.1, 0.15) is 0 Å².